The van der Waals surface area contributed by atoms with E-state index in [-0.39, 0.29) is 0 Å². The summed E-state index contributed by atoms with van der Waals surface area (Å²) in [6, 6.07) is 4.08. The van der Waals surface area contributed by atoms with Crippen LogP contribution in [0.5, 0.6) is 5.75 Å². The van der Waals surface area contributed by atoms with Crippen molar-refractivity contribution < 1.29 is 4.74 Å². The maximum atomic E-state index is 5.87. The zero-order chi connectivity index (χ0) is 15.5. The van der Waals surface area contributed by atoms with Crippen LogP contribution in [0, 0.1) is 11.8 Å². The van der Waals surface area contributed by atoms with Gasteiger partial charge in [-0.1, -0.05) is 47.0 Å². The van der Waals surface area contributed by atoms with Gasteiger partial charge in [0.15, 0.2) is 0 Å². The molecule has 1 rings (SSSR count). The van der Waals surface area contributed by atoms with Gasteiger partial charge >= 0.3 is 0 Å². The number of unbranched alkanes of at least 4 members (excludes halogenated alkanes) is 1. The molecule has 3 nitrogen and oxygen atoms in total. The SMILES string of the molecule is CCCCC(CC)COc1ccc(CNCC(C)C)nc1. The van der Waals surface area contributed by atoms with Crippen LogP contribution in [-0.4, -0.2) is 18.1 Å². The fourth-order valence-corrected chi connectivity index (χ4v) is 2.20. The summed E-state index contributed by atoms with van der Waals surface area (Å²) in [5, 5.41) is 3.40. The molecule has 0 aliphatic carbocycles. The van der Waals surface area contributed by atoms with E-state index in [1.54, 1.807) is 0 Å². The number of nitrogens with zero attached hydrogens (tertiary/aromatic N) is 1. The summed E-state index contributed by atoms with van der Waals surface area (Å²) in [6.45, 7) is 11.6. The zero-order valence-corrected chi connectivity index (χ0v) is 14.2. The lowest BCUT2D eigenvalue weighted by Crippen LogP contribution is -2.19. The molecule has 120 valence electrons. The van der Waals surface area contributed by atoms with Crippen molar-refractivity contribution in [2.24, 2.45) is 11.8 Å². The topological polar surface area (TPSA) is 34.1 Å². The summed E-state index contributed by atoms with van der Waals surface area (Å²) in [7, 11) is 0. The zero-order valence-electron chi connectivity index (χ0n) is 14.2. The number of ether oxygens (including phenoxy) is 1. The Morgan fingerprint density at radius 3 is 2.62 bits per heavy atom. The largest absolute Gasteiger partial charge is 0.492 e. The Hall–Kier alpha value is -1.09. The Labute approximate surface area is 130 Å². The van der Waals surface area contributed by atoms with E-state index in [9.17, 15) is 0 Å². The molecule has 0 bridgehead atoms. The average Bonchev–Trinajstić information content (AvgIpc) is 2.48. The number of hydrogen-bond acceptors (Lipinski definition) is 3. The number of rotatable bonds is 11. The third kappa shape index (κ3) is 8.05. The van der Waals surface area contributed by atoms with E-state index in [2.05, 4.69) is 44.1 Å². The molecule has 1 atom stereocenters. The van der Waals surface area contributed by atoms with Gasteiger partial charge in [0, 0.05) is 6.54 Å². The van der Waals surface area contributed by atoms with Crippen molar-refractivity contribution >= 4 is 0 Å². The molecule has 21 heavy (non-hydrogen) atoms. The number of nitrogens with one attached hydrogen (secondary N) is 1. The van der Waals surface area contributed by atoms with Crippen molar-refractivity contribution in [3.63, 3.8) is 0 Å². The molecule has 3 heteroatoms. The normalized spacial score (nSPS) is 12.6. The van der Waals surface area contributed by atoms with Crippen molar-refractivity contribution in [3.8, 4) is 5.75 Å². The summed E-state index contributed by atoms with van der Waals surface area (Å²) in [5.41, 5.74) is 1.07. The van der Waals surface area contributed by atoms with Crippen LogP contribution in [0.3, 0.4) is 0 Å². The standard InChI is InChI=1S/C18H32N2O/c1-5-7-8-16(6-2)14-21-18-10-9-17(20-13-18)12-19-11-15(3)4/h9-10,13,15-16,19H,5-8,11-12,14H2,1-4H3. The van der Waals surface area contributed by atoms with Crippen LogP contribution in [0.15, 0.2) is 18.3 Å². The van der Waals surface area contributed by atoms with Crippen LogP contribution in [0.1, 0.15) is 59.1 Å². The van der Waals surface area contributed by atoms with E-state index in [1.165, 1.54) is 25.7 Å². The Bertz CT molecular complexity index is 362. The fraction of sp³-hybridized carbons (Fsp3) is 0.722. The third-order valence-electron chi connectivity index (χ3n) is 3.69. The molecule has 1 unspecified atom stereocenters. The van der Waals surface area contributed by atoms with E-state index >= 15 is 0 Å². The minimum absolute atomic E-state index is 0.664. The van der Waals surface area contributed by atoms with Gasteiger partial charge in [-0.15, -0.1) is 0 Å². The Balaban J connectivity index is 2.32. The van der Waals surface area contributed by atoms with Crippen molar-refractivity contribution in [1.82, 2.24) is 10.3 Å². The highest BCUT2D eigenvalue weighted by Crippen LogP contribution is 2.16. The molecule has 0 aliphatic heterocycles. The molecule has 0 aromatic carbocycles. The Morgan fingerprint density at radius 1 is 1.24 bits per heavy atom. The molecule has 0 saturated carbocycles. The van der Waals surface area contributed by atoms with Crippen LogP contribution in [0.4, 0.5) is 0 Å². The van der Waals surface area contributed by atoms with Gasteiger partial charge < -0.3 is 10.1 Å². The molecule has 1 heterocycles. The highest BCUT2D eigenvalue weighted by atomic mass is 16.5. The first-order valence-electron chi connectivity index (χ1n) is 8.44. The van der Waals surface area contributed by atoms with E-state index in [1.807, 2.05) is 12.3 Å². The lowest BCUT2D eigenvalue weighted by atomic mass is 10.0. The molecule has 1 aromatic heterocycles. The van der Waals surface area contributed by atoms with E-state index in [0.29, 0.717) is 11.8 Å². The molecular formula is C18H32N2O. The molecule has 0 saturated heterocycles. The first-order chi connectivity index (χ1) is 10.2. The lowest BCUT2D eigenvalue weighted by Gasteiger charge is -2.15. The van der Waals surface area contributed by atoms with E-state index in [4.69, 9.17) is 4.74 Å². The first-order valence-corrected chi connectivity index (χ1v) is 8.44. The van der Waals surface area contributed by atoms with Crippen LogP contribution in [0.25, 0.3) is 0 Å². The molecule has 0 aliphatic rings. The predicted molar refractivity (Wildman–Crippen MR) is 89.6 cm³/mol. The first kappa shape index (κ1) is 18.0. The van der Waals surface area contributed by atoms with Gasteiger partial charge in [0.1, 0.15) is 5.75 Å². The number of hydrogen-bond donors (Lipinski definition) is 1. The molecule has 1 aromatic rings. The molecule has 0 spiro atoms. The van der Waals surface area contributed by atoms with Crippen molar-refractivity contribution in [1.29, 1.82) is 0 Å². The highest BCUT2D eigenvalue weighted by molar-refractivity contribution is 5.19. The van der Waals surface area contributed by atoms with Crippen LogP contribution in [0.2, 0.25) is 0 Å². The van der Waals surface area contributed by atoms with Gasteiger partial charge in [0.2, 0.25) is 0 Å². The molecule has 1 N–H and O–H groups in total. The fourth-order valence-electron chi connectivity index (χ4n) is 2.20. The van der Waals surface area contributed by atoms with Gasteiger partial charge in [-0.2, -0.15) is 0 Å². The van der Waals surface area contributed by atoms with Crippen molar-refractivity contribution in [2.75, 3.05) is 13.2 Å². The second-order valence-corrected chi connectivity index (χ2v) is 6.24. The summed E-state index contributed by atoms with van der Waals surface area (Å²) in [5.74, 6) is 2.22. The average molecular weight is 292 g/mol. The molecule has 0 radical (unpaired) electrons. The Kier molecular flexibility index (Phi) is 9.07. The quantitative estimate of drug-likeness (QED) is 0.655. The lowest BCUT2D eigenvalue weighted by molar-refractivity contribution is 0.232. The highest BCUT2D eigenvalue weighted by Gasteiger charge is 2.07. The monoisotopic (exact) mass is 292 g/mol. The van der Waals surface area contributed by atoms with Gasteiger partial charge in [0.25, 0.3) is 0 Å². The van der Waals surface area contributed by atoms with E-state index in [0.717, 1.165) is 31.1 Å². The van der Waals surface area contributed by atoms with Crippen LogP contribution >= 0.6 is 0 Å². The predicted octanol–water partition coefficient (Wildman–Crippen LogP) is 4.42. The minimum Gasteiger partial charge on any atom is -0.492 e. The molecule has 0 fully saturated rings. The summed E-state index contributed by atoms with van der Waals surface area (Å²) in [6.07, 6.45) is 6.85. The van der Waals surface area contributed by atoms with Gasteiger partial charge in [-0.05, 0) is 36.9 Å². The van der Waals surface area contributed by atoms with Gasteiger partial charge in [0.05, 0.1) is 18.5 Å². The summed E-state index contributed by atoms with van der Waals surface area (Å²) in [4.78, 5) is 4.45. The molecule has 0 amide bonds. The van der Waals surface area contributed by atoms with Crippen LogP contribution < -0.4 is 10.1 Å². The number of pyridine rings is 1. The summed E-state index contributed by atoms with van der Waals surface area (Å²) >= 11 is 0. The Morgan fingerprint density at radius 2 is 2.05 bits per heavy atom. The maximum absolute atomic E-state index is 5.87. The smallest absolute Gasteiger partial charge is 0.137 e. The maximum Gasteiger partial charge on any atom is 0.137 e. The second kappa shape index (κ2) is 10.6. The van der Waals surface area contributed by atoms with E-state index < -0.39 is 0 Å². The van der Waals surface area contributed by atoms with Crippen molar-refractivity contribution in [2.45, 2.75) is 59.9 Å². The number of aromatic nitrogens is 1. The van der Waals surface area contributed by atoms with Gasteiger partial charge in [-0.25, -0.2) is 0 Å². The third-order valence-corrected chi connectivity index (χ3v) is 3.69. The summed E-state index contributed by atoms with van der Waals surface area (Å²) < 4.78 is 5.87. The van der Waals surface area contributed by atoms with Gasteiger partial charge in [-0.3, -0.25) is 4.98 Å². The van der Waals surface area contributed by atoms with Crippen molar-refractivity contribution in [3.05, 3.63) is 24.0 Å². The second-order valence-electron chi connectivity index (χ2n) is 6.24. The molecular weight excluding hydrogens is 260 g/mol. The minimum atomic E-state index is 0.664. The van der Waals surface area contributed by atoms with Crippen LogP contribution in [-0.2, 0) is 6.54 Å².